The Morgan fingerprint density at radius 3 is 2.09 bits per heavy atom. The lowest BCUT2D eigenvalue weighted by atomic mass is 9.88. The molecule has 0 heterocycles. The van der Waals surface area contributed by atoms with E-state index in [0.717, 1.165) is 51.4 Å². The topological polar surface area (TPSA) is 74.6 Å². The standard InChI is InChI=1S/C17H29O4P/c18-17(19)16(11-14-7-3-1-4-8-14)13-22(20,21)12-15-9-5-2-6-10-15/h11,14-15H,1-10,12-13H2,(H,18,19)(H,20,21). The molecule has 126 valence electrons. The summed E-state index contributed by atoms with van der Waals surface area (Å²) < 4.78 is 12.5. The molecule has 2 aliphatic rings. The van der Waals surface area contributed by atoms with E-state index in [4.69, 9.17) is 0 Å². The maximum Gasteiger partial charge on any atom is 0.331 e. The average Bonchev–Trinajstić information content (AvgIpc) is 2.48. The monoisotopic (exact) mass is 328 g/mol. The molecule has 4 nitrogen and oxygen atoms in total. The Hall–Kier alpha value is -0.600. The highest BCUT2D eigenvalue weighted by molar-refractivity contribution is 7.58. The Morgan fingerprint density at radius 2 is 1.55 bits per heavy atom. The van der Waals surface area contributed by atoms with Crippen molar-refractivity contribution in [2.75, 3.05) is 12.3 Å². The summed E-state index contributed by atoms with van der Waals surface area (Å²) in [6.07, 6.45) is 12.9. The first-order valence-corrected chi connectivity index (χ1v) is 10.7. The van der Waals surface area contributed by atoms with Gasteiger partial charge in [0.15, 0.2) is 0 Å². The molecule has 0 bridgehead atoms. The van der Waals surface area contributed by atoms with E-state index in [1.807, 2.05) is 0 Å². The minimum absolute atomic E-state index is 0.157. The predicted molar refractivity (Wildman–Crippen MR) is 88.4 cm³/mol. The van der Waals surface area contributed by atoms with Gasteiger partial charge in [-0.25, -0.2) is 4.79 Å². The van der Waals surface area contributed by atoms with Gasteiger partial charge in [-0.1, -0.05) is 44.6 Å². The smallest absolute Gasteiger partial charge is 0.331 e. The van der Waals surface area contributed by atoms with Gasteiger partial charge in [0, 0.05) is 11.7 Å². The van der Waals surface area contributed by atoms with Gasteiger partial charge in [-0.05, 0) is 37.5 Å². The molecule has 1 unspecified atom stereocenters. The number of hydrogen-bond donors (Lipinski definition) is 2. The van der Waals surface area contributed by atoms with Crippen LogP contribution in [0.5, 0.6) is 0 Å². The molecular formula is C17H29O4P. The third-order valence-corrected chi connectivity index (χ3v) is 6.97. The van der Waals surface area contributed by atoms with Crippen molar-refractivity contribution in [3.63, 3.8) is 0 Å². The van der Waals surface area contributed by atoms with Gasteiger partial charge in [0.1, 0.15) is 0 Å². The van der Waals surface area contributed by atoms with Gasteiger partial charge in [-0.3, -0.25) is 4.57 Å². The second-order valence-corrected chi connectivity index (χ2v) is 9.46. The van der Waals surface area contributed by atoms with Crippen molar-refractivity contribution >= 4 is 13.3 Å². The molecule has 0 aromatic carbocycles. The van der Waals surface area contributed by atoms with Gasteiger partial charge in [0.05, 0.1) is 6.16 Å². The molecule has 2 rings (SSSR count). The first-order chi connectivity index (χ1) is 10.5. The zero-order valence-electron chi connectivity index (χ0n) is 13.4. The quantitative estimate of drug-likeness (QED) is 0.559. The Kier molecular flexibility index (Phi) is 6.70. The first-order valence-electron chi connectivity index (χ1n) is 8.71. The fourth-order valence-electron chi connectivity index (χ4n) is 3.88. The molecular weight excluding hydrogens is 299 g/mol. The maximum atomic E-state index is 12.5. The highest BCUT2D eigenvalue weighted by Crippen LogP contribution is 2.47. The van der Waals surface area contributed by atoms with E-state index in [0.29, 0.717) is 12.1 Å². The van der Waals surface area contributed by atoms with Gasteiger partial charge in [-0.15, -0.1) is 0 Å². The summed E-state index contributed by atoms with van der Waals surface area (Å²) in [5.41, 5.74) is 0.161. The zero-order valence-corrected chi connectivity index (χ0v) is 14.3. The zero-order chi connectivity index (χ0) is 16.0. The second kappa shape index (κ2) is 8.31. The maximum absolute atomic E-state index is 12.5. The minimum atomic E-state index is -3.39. The molecule has 2 fully saturated rings. The summed E-state index contributed by atoms with van der Waals surface area (Å²) in [6.45, 7) is 0. The number of allylic oxidation sites excluding steroid dienone is 1. The molecule has 5 heteroatoms. The fourth-order valence-corrected chi connectivity index (χ4v) is 5.96. The Morgan fingerprint density at radius 1 is 1.00 bits per heavy atom. The lowest BCUT2D eigenvalue weighted by Crippen LogP contribution is -2.16. The number of rotatable bonds is 6. The first kappa shape index (κ1) is 17.7. The van der Waals surface area contributed by atoms with Crippen molar-refractivity contribution in [2.24, 2.45) is 11.8 Å². The van der Waals surface area contributed by atoms with Crippen molar-refractivity contribution in [3.8, 4) is 0 Å². The van der Waals surface area contributed by atoms with Crippen molar-refractivity contribution in [1.82, 2.24) is 0 Å². The van der Waals surface area contributed by atoms with Gasteiger partial charge >= 0.3 is 5.97 Å². The Bertz CT molecular complexity index is 446. The fraction of sp³-hybridized carbons (Fsp3) is 0.824. The summed E-state index contributed by atoms with van der Waals surface area (Å²) in [5, 5.41) is 9.37. The van der Waals surface area contributed by atoms with E-state index in [1.54, 1.807) is 6.08 Å². The number of carboxylic acid groups (broad SMARTS) is 1. The molecule has 22 heavy (non-hydrogen) atoms. The van der Waals surface area contributed by atoms with Crippen LogP contribution < -0.4 is 0 Å². The summed E-state index contributed by atoms with van der Waals surface area (Å²) in [4.78, 5) is 21.7. The molecule has 0 saturated heterocycles. The van der Waals surface area contributed by atoms with E-state index in [1.165, 1.54) is 12.8 Å². The van der Waals surface area contributed by atoms with Gasteiger partial charge < -0.3 is 10.00 Å². The lowest BCUT2D eigenvalue weighted by Gasteiger charge is -2.24. The third kappa shape index (κ3) is 5.89. The summed E-state index contributed by atoms with van der Waals surface area (Å²) >= 11 is 0. The summed E-state index contributed by atoms with van der Waals surface area (Å²) in [7, 11) is -3.39. The van der Waals surface area contributed by atoms with Crippen molar-refractivity contribution in [3.05, 3.63) is 11.6 Å². The number of carboxylic acids is 1. The summed E-state index contributed by atoms with van der Waals surface area (Å²) in [5.74, 6) is -0.452. The molecule has 0 aromatic rings. The molecule has 0 aliphatic heterocycles. The van der Waals surface area contributed by atoms with Gasteiger partial charge in [0.2, 0.25) is 7.37 Å². The molecule has 0 spiro atoms. The van der Waals surface area contributed by atoms with Crippen molar-refractivity contribution < 1.29 is 19.4 Å². The summed E-state index contributed by atoms with van der Waals surface area (Å²) in [6, 6.07) is 0. The second-order valence-electron chi connectivity index (χ2n) is 7.09. The van der Waals surface area contributed by atoms with Crippen LogP contribution in [0.4, 0.5) is 0 Å². The molecule has 2 aliphatic carbocycles. The highest BCUT2D eigenvalue weighted by atomic mass is 31.2. The normalized spacial score (nSPS) is 24.9. The Balaban J connectivity index is 1.97. The van der Waals surface area contributed by atoms with Crippen LogP contribution in [0.2, 0.25) is 0 Å². The van der Waals surface area contributed by atoms with Crippen molar-refractivity contribution in [2.45, 2.75) is 64.2 Å². The molecule has 0 amide bonds. The van der Waals surface area contributed by atoms with E-state index in [-0.39, 0.29) is 17.7 Å². The lowest BCUT2D eigenvalue weighted by molar-refractivity contribution is -0.132. The minimum Gasteiger partial charge on any atom is -0.478 e. The van der Waals surface area contributed by atoms with Gasteiger partial charge in [-0.2, -0.15) is 0 Å². The molecule has 0 aromatic heterocycles. The van der Waals surface area contributed by atoms with Crippen molar-refractivity contribution in [1.29, 1.82) is 0 Å². The number of hydrogen-bond acceptors (Lipinski definition) is 2. The number of carbonyl (C=O) groups is 1. The van der Waals surface area contributed by atoms with Crippen LogP contribution in [0.1, 0.15) is 64.2 Å². The van der Waals surface area contributed by atoms with Crippen LogP contribution in [0.15, 0.2) is 11.6 Å². The SMILES string of the molecule is O=C(O)C(=CC1CCCCC1)CP(=O)(O)CC1CCCCC1. The largest absolute Gasteiger partial charge is 0.478 e. The molecule has 2 saturated carbocycles. The van der Waals surface area contributed by atoms with E-state index >= 15 is 0 Å². The molecule has 1 atom stereocenters. The van der Waals surface area contributed by atoms with Crippen LogP contribution in [-0.4, -0.2) is 28.3 Å². The van der Waals surface area contributed by atoms with Crippen LogP contribution in [0.25, 0.3) is 0 Å². The van der Waals surface area contributed by atoms with E-state index < -0.39 is 13.3 Å². The van der Waals surface area contributed by atoms with Crippen LogP contribution in [0.3, 0.4) is 0 Å². The van der Waals surface area contributed by atoms with E-state index in [2.05, 4.69) is 0 Å². The average molecular weight is 328 g/mol. The Labute approximate surface area is 133 Å². The van der Waals surface area contributed by atoms with Gasteiger partial charge in [0.25, 0.3) is 0 Å². The van der Waals surface area contributed by atoms with E-state index in [9.17, 15) is 19.4 Å². The van der Waals surface area contributed by atoms with Crippen LogP contribution in [0, 0.1) is 11.8 Å². The highest BCUT2D eigenvalue weighted by Gasteiger charge is 2.29. The van der Waals surface area contributed by atoms with Crippen LogP contribution in [-0.2, 0) is 9.36 Å². The number of aliphatic carboxylic acids is 1. The molecule has 0 radical (unpaired) electrons. The third-order valence-electron chi connectivity index (χ3n) is 5.05. The van der Waals surface area contributed by atoms with Crippen LogP contribution >= 0.6 is 7.37 Å². The molecule has 2 N–H and O–H groups in total. The predicted octanol–water partition coefficient (Wildman–Crippen LogP) is 4.43.